The summed E-state index contributed by atoms with van der Waals surface area (Å²) in [6, 6.07) is 13.0. The standard InChI is InChI=1S/C15H15N3O/c1-17-9-3-4-14(17)15(19)18(2)11-13-7-5-12(10-16)6-8-13/h3-9H,11H2,1-2H3. The zero-order valence-electron chi connectivity index (χ0n) is 11.0. The molecular weight excluding hydrogens is 238 g/mol. The van der Waals surface area contributed by atoms with E-state index < -0.39 is 0 Å². The van der Waals surface area contributed by atoms with E-state index in [9.17, 15) is 4.79 Å². The Morgan fingerprint density at radius 1 is 1.32 bits per heavy atom. The smallest absolute Gasteiger partial charge is 0.270 e. The third kappa shape index (κ3) is 2.83. The molecule has 96 valence electrons. The SMILES string of the molecule is CN(Cc1ccc(C#N)cc1)C(=O)c1cccn1C. The highest BCUT2D eigenvalue weighted by Gasteiger charge is 2.14. The lowest BCUT2D eigenvalue weighted by atomic mass is 10.1. The van der Waals surface area contributed by atoms with E-state index in [0.717, 1.165) is 5.56 Å². The van der Waals surface area contributed by atoms with E-state index in [2.05, 4.69) is 6.07 Å². The van der Waals surface area contributed by atoms with Gasteiger partial charge in [-0.05, 0) is 29.8 Å². The molecule has 0 saturated carbocycles. The molecule has 0 N–H and O–H groups in total. The molecule has 1 aromatic carbocycles. The number of aromatic nitrogens is 1. The fourth-order valence-corrected chi connectivity index (χ4v) is 1.91. The number of carbonyl (C=O) groups excluding carboxylic acids is 1. The molecule has 1 heterocycles. The first-order valence-electron chi connectivity index (χ1n) is 5.97. The van der Waals surface area contributed by atoms with Gasteiger partial charge in [0.05, 0.1) is 11.6 Å². The first-order chi connectivity index (χ1) is 9.11. The minimum Gasteiger partial charge on any atom is -0.347 e. The quantitative estimate of drug-likeness (QED) is 0.841. The Labute approximate surface area is 112 Å². The van der Waals surface area contributed by atoms with Crippen LogP contribution in [0.3, 0.4) is 0 Å². The van der Waals surface area contributed by atoms with Crippen LogP contribution in [0.1, 0.15) is 21.6 Å². The molecule has 4 heteroatoms. The van der Waals surface area contributed by atoms with Crippen molar-refractivity contribution in [1.29, 1.82) is 5.26 Å². The van der Waals surface area contributed by atoms with Gasteiger partial charge in [0.1, 0.15) is 5.69 Å². The number of nitriles is 1. The lowest BCUT2D eigenvalue weighted by Crippen LogP contribution is -2.27. The highest BCUT2D eigenvalue weighted by atomic mass is 16.2. The zero-order chi connectivity index (χ0) is 13.8. The van der Waals surface area contributed by atoms with Crippen LogP contribution in [0.15, 0.2) is 42.6 Å². The van der Waals surface area contributed by atoms with E-state index >= 15 is 0 Å². The molecule has 0 fully saturated rings. The van der Waals surface area contributed by atoms with E-state index in [1.807, 2.05) is 31.4 Å². The molecule has 0 radical (unpaired) electrons. The van der Waals surface area contributed by atoms with Crippen LogP contribution in [0.4, 0.5) is 0 Å². The van der Waals surface area contributed by atoms with Crippen molar-refractivity contribution >= 4 is 5.91 Å². The summed E-state index contributed by atoms with van der Waals surface area (Å²) in [5.41, 5.74) is 2.29. The van der Waals surface area contributed by atoms with Gasteiger partial charge in [-0.3, -0.25) is 4.79 Å². The first kappa shape index (κ1) is 12.9. The molecule has 4 nitrogen and oxygen atoms in total. The molecule has 0 aliphatic rings. The number of hydrogen-bond acceptors (Lipinski definition) is 2. The fraction of sp³-hybridized carbons (Fsp3) is 0.200. The lowest BCUT2D eigenvalue weighted by molar-refractivity contribution is 0.0775. The molecule has 1 amide bonds. The van der Waals surface area contributed by atoms with Crippen molar-refractivity contribution < 1.29 is 4.79 Å². The number of amides is 1. The summed E-state index contributed by atoms with van der Waals surface area (Å²) >= 11 is 0. The molecule has 1 aromatic heterocycles. The van der Waals surface area contributed by atoms with Gasteiger partial charge in [0.25, 0.3) is 5.91 Å². The molecule has 0 aliphatic heterocycles. The zero-order valence-corrected chi connectivity index (χ0v) is 11.0. The maximum absolute atomic E-state index is 12.2. The minimum atomic E-state index is -0.0168. The first-order valence-corrected chi connectivity index (χ1v) is 5.97. The van der Waals surface area contributed by atoms with Gasteiger partial charge in [-0.15, -0.1) is 0 Å². The van der Waals surface area contributed by atoms with Gasteiger partial charge in [-0.25, -0.2) is 0 Å². The van der Waals surface area contributed by atoms with Gasteiger partial charge in [0.15, 0.2) is 0 Å². The molecule has 2 rings (SSSR count). The Bertz CT molecular complexity index is 620. The molecule has 0 unspecified atom stereocenters. The second-order valence-electron chi connectivity index (χ2n) is 4.47. The Hall–Kier alpha value is -2.54. The van der Waals surface area contributed by atoms with Crippen LogP contribution >= 0.6 is 0 Å². The summed E-state index contributed by atoms with van der Waals surface area (Å²) in [5, 5.41) is 8.74. The number of hydrogen-bond donors (Lipinski definition) is 0. The van der Waals surface area contributed by atoms with E-state index in [1.165, 1.54) is 0 Å². The Kier molecular flexibility index (Phi) is 3.67. The van der Waals surface area contributed by atoms with Crippen molar-refractivity contribution in [1.82, 2.24) is 9.47 Å². The van der Waals surface area contributed by atoms with Crippen LogP contribution in [0.2, 0.25) is 0 Å². The Balaban J connectivity index is 2.08. The summed E-state index contributed by atoms with van der Waals surface area (Å²) in [6.07, 6.45) is 1.85. The van der Waals surface area contributed by atoms with E-state index in [-0.39, 0.29) is 5.91 Å². The highest BCUT2D eigenvalue weighted by Crippen LogP contribution is 2.09. The summed E-state index contributed by atoms with van der Waals surface area (Å²) in [7, 11) is 3.62. The van der Waals surface area contributed by atoms with Gasteiger partial charge in [-0.2, -0.15) is 5.26 Å². The summed E-state index contributed by atoms with van der Waals surface area (Å²) in [4.78, 5) is 13.9. The molecular formula is C15H15N3O. The second kappa shape index (κ2) is 5.40. The van der Waals surface area contributed by atoms with Gasteiger partial charge >= 0.3 is 0 Å². The topological polar surface area (TPSA) is 49.0 Å². The third-order valence-corrected chi connectivity index (χ3v) is 3.01. The van der Waals surface area contributed by atoms with E-state index in [1.54, 1.807) is 34.7 Å². The van der Waals surface area contributed by atoms with Crippen LogP contribution in [0, 0.1) is 11.3 Å². The monoisotopic (exact) mass is 253 g/mol. The second-order valence-corrected chi connectivity index (χ2v) is 4.47. The number of rotatable bonds is 3. The average molecular weight is 253 g/mol. The van der Waals surface area contributed by atoms with Gasteiger partial charge in [0, 0.05) is 26.8 Å². The lowest BCUT2D eigenvalue weighted by Gasteiger charge is -2.17. The average Bonchev–Trinajstić information content (AvgIpc) is 2.85. The van der Waals surface area contributed by atoms with Gasteiger partial charge in [-0.1, -0.05) is 12.1 Å². The molecule has 0 bridgehead atoms. The largest absolute Gasteiger partial charge is 0.347 e. The normalized spacial score (nSPS) is 9.95. The number of carbonyl (C=O) groups is 1. The number of nitrogens with zero attached hydrogens (tertiary/aromatic N) is 3. The maximum Gasteiger partial charge on any atom is 0.270 e. The van der Waals surface area contributed by atoms with Gasteiger partial charge < -0.3 is 9.47 Å². The highest BCUT2D eigenvalue weighted by molar-refractivity contribution is 5.92. The predicted octanol–water partition coefficient (Wildman–Crippen LogP) is 2.17. The van der Waals surface area contributed by atoms with Crippen LogP contribution in [0.25, 0.3) is 0 Å². The van der Waals surface area contributed by atoms with Crippen molar-refractivity contribution in [2.75, 3.05) is 7.05 Å². The molecule has 0 saturated heterocycles. The van der Waals surface area contributed by atoms with Crippen LogP contribution in [-0.2, 0) is 13.6 Å². The van der Waals surface area contributed by atoms with Crippen molar-refractivity contribution in [2.45, 2.75) is 6.54 Å². The number of benzene rings is 1. The van der Waals surface area contributed by atoms with Crippen LogP contribution in [-0.4, -0.2) is 22.4 Å². The summed E-state index contributed by atoms with van der Waals surface area (Å²) < 4.78 is 1.80. The van der Waals surface area contributed by atoms with E-state index in [0.29, 0.717) is 17.8 Å². The summed E-state index contributed by atoms with van der Waals surface area (Å²) in [5.74, 6) is -0.0168. The van der Waals surface area contributed by atoms with Crippen molar-refractivity contribution in [3.8, 4) is 6.07 Å². The van der Waals surface area contributed by atoms with Crippen molar-refractivity contribution in [3.63, 3.8) is 0 Å². The molecule has 0 spiro atoms. The Morgan fingerprint density at radius 3 is 2.53 bits per heavy atom. The van der Waals surface area contributed by atoms with Crippen LogP contribution in [0.5, 0.6) is 0 Å². The van der Waals surface area contributed by atoms with Gasteiger partial charge in [0.2, 0.25) is 0 Å². The van der Waals surface area contributed by atoms with E-state index in [4.69, 9.17) is 5.26 Å². The number of aryl methyl sites for hydroxylation is 1. The van der Waals surface area contributed by atoms with Crippen molar-refractivity contribution in [3.05, 3.63) is 59.4 Å². The van der Waals surface area contributed by atoms with Crippen molar-refractivity contribution in [2.24, 2.45) is 7.05 Å². The maximum atomic E-state index is 12.2. The van der Waals surface area contributed by atoms with Crippen LogP contribution < -0.4 is 0 Å². The Morgan fingerprint density at radius 2 is 2.00 bits per heavy atom. The predicted molar refractivity (Wildman–Crippen MR) is 72.4 cm³/mol. The summed E-state index contributed by atoms with van der Waals surface area (Å²) in [6.45, 7) is 0.524. The molecule has 0 atom stereocenters. The molecule has 0 aliphatic carbocycles. The minimum absolute atomic E-state index is 0.0168. The third-order valence-electron chi connectivity index (χ3n) is 3.01. The molecule has 2 aromatic rings. The fourth-order valence-electron chi connectivity index (χ4n) is 1.91. The molecule has 19 heavy (non-hydrogen) atoms.